The van der Waals surface area contributed by atoms with Crippen LogP contribution >= 0.6 is 0 Å². The molecule has 0 saturated carbocycles. The van der Waals surface area contributed by atoms with Crippen molar-refractivity contribution in [1.29, 1.82) is 0 Å². The van der Waals surface area contributed by atoms with Gasteiger partial charge in [-0.1, -0.05) is 13.8 Å². The minimum Gasteiger partial charge on any atom is -0.385 e. The lowest BCUT2D eigenvalue weighted by Crippen LogP contribution is -2.28. The van der Waals surface area contributed by atoms with Gasteiger partial charge in [0.15, 0.2) is 0 Å². The third kappa shape index (κ3) is 12.3. The Morgan fingerprint density at radius 2 is 1.56 bits per heavy atom. The summed E-state index contributed by atoms with van der Waals surface area (Å²) in [5, 5.41) is 3.47. The van der Waals surface area contributed by atoms with E-state index >= 15 is 0 Å². The lowest BCUT2D eigenvalue weighted by Gasteiger charge is -2.15. The molecule has 110 valence electrons. The van der Waals surface area contributed by atoms with E-state index in [1.165, 1.54) is 12.8 Å². The van der Waals surface area contributed by atoms with Gasteiger partial charge >= 0.3 is 0 Å². The van der Waals surface area contributed by atoms with Crippen molar-refractivity contribution >= 4 is 0 Å². The summed E-state index contributed by atoms with van der Waals surface area (Å²) >= 11 is 0. The second-order valence-electron chi connectivity index (χ2n) is 4.38. The Balaban J connectivity index is 3.10. The Morgan fingerprint density at radius 1 is 0.889 bits per heavy atom. The second kappa shape index (κ2) is 14.9. The van der Waals surface area contributed by atoms with Crippen LogP contribution in [0.3, 0.4) is 0 Å². The number of methoxy groups -OCH3 is 1. The van der Waals surface area contributed by atoms with Crippen LogP contribution in [0.4, 0.5) is 0 Å². The van der Waals surface area contributed by atoms with Crippen molar-refractivity contribution in [3.8, 4) is 0 Å². The van der Waals surface area contributed by atoms with E-state index in [0.29, 0.717) is 19.3 Å². The number of hydrogen-bond acceptors (Lipinski definition) is 4. The van der Waals surface area contributed by atoms with Crippen LogP contribution in [-0.4, -0.2) is 52.7 Å². The van der Waals surface area contributed by atoms with Crippen LogP contribution in [0.2, 0.25) is 0 Å². The average Bonchev–Trinajstić information content (AvgIpc) is 2.39. The molecule has 0 bridgehead atoms. The molecule has 0 spiro atoms. The zero-order valence-electron chi connectivity index (χ0n) is 12.4. The van der Waals surface area contributed by atoms with E-state index in [9.17, 15) is 0 Å². The first-order valence-electron chi connectivity index (χ1n) is 7.22. The fourth-order valence-electron chi connectivity index (χ4n) is 1.80. The van der Waals surface area contributed by atoms with E-state index in [4.69, 9.17) is 14.2 Å². The Labute approximate surface area is 112 Å². The third-order valence-corrected chi connectivity index (χ3v) is 2.84. The van der Waals surface area contributed by atoms with Crippen molar-refractivity contribution in [2.75, 3.05) is 46.7 Å². The molecule has 0 aliphatic rings. The quantitative estimate of drug-likeness (QED) is 0.487. The average molecular weight is 261 g/mol. The molecule has 0 aromatic heterocycles. The SMILES string of the molecule is CCNC(CC)CCCOCCOCCCOC. The number of hydrogen-bond donors (Lipinski definition) is 1. The van der Waals surface area contributed by atoms with Crippen LogP contribution in [0.25, 0.3) is 0 Å². The monoisotopic (exact) mass is 261 g/mol. The first-order chi connectivity index (χ1) is 8.85. The lowest BCUT2D eigenvalue weighted by molar-refractivity contribution is 0.0382. The molecule has 0 aromatic carbocycles. The van der Waals surface area contributed by atoms with Crippen molar-refractivity contribution in [2.45, 2.75) is 45.6 Å². The Bertz CT molecular complexity index is 156. The van der Waals surface area contributed by atoms with Gasteiger partial charge in [-0.3, -0.25) is 0 Å². The van der Waals surface area contributed by atoms with Crippen LogP contribution in [-0.2, 0) is 14.2 Å². The Morgan fingerprint density at radius 3 is 2.11 bits per heavy atom. The van der Waals surface area contributed by atoms with Gasteiger partial charge in [0.1, 0.15) is 0 Å². The highest BCUT2D eigenvalue weighted by Gasteiger charge is 2.03. The zero-order chi connectivity index (χ0) is 13.5. The molecule has 4 nitrogen and oxygen atoms in total. The molecule has 0 aromatic rings. The molecule has 0 aliphatic heterocycles. The molecule has 4 heteroatoms. The largest absolute Gasteiger partial charge is 0.385 e. The molecule has 0 saturated heterocycles. The maximum atomic E-state index is 5.53. The summed E-state index contributed by atoms with van der Waals surface area (Å²) in [4.78, 5) is 0. The van der Waals surface area contributed by atoms with E-state index in [2.05, 4.69) is 19.2 Å². The summed E-state index contributed by atoms with van der Waals surface area (Å²) in [6.07, 6.45) is 4.46. The van der Waals surface area contributed by atoms with Gasteiger partial charge in [0.2, 0.25) is 0 Å². The van der Waals surface area contributed by atoms with Crippen molar-refractivity contribution in [3.63, 3.8) is 0 Å². The summed E-state index contributed by atoms with van der Waals surface area (Å²) in [6.45, 7) is 9.18. The molecule has 0 rings (SSSR count). The normalized spacial score (nSPS) is 12.8. The number of rotatable bonds is 14. The topological polar surface area (TPSA) is 39.7 Å². The summed E-state index contributed by atoms with van der Waals surface area (Å²) in [6, 6.07) is 0.642. The maximum absolute atomic E-state index is 5.53. The van der Waals surface area contributed by atoms with Crippen molar-refractivity contribution < 1.29 is 14.2 Å². The predicted octanol–water partition coefficient (Wildman–Crippen LogP) is 2.22. The summed E-state index contributed by atoms with van der Waals surface area (Å²) in [5.41, 5.74) is 0. The van der Waals surface area contributed by atoms with Gasteiger partial charge in [-0.2, -0.15) is 0 Å². The van der Waals surface area contributed by atoms with Crippen molar-refractivity contribution in [3.05, 3.63) is 0 Å². The molecule has 0 fully saturated rings. The van der Waals surface area contributed by atoms with E-state index in [1.54, 1.807) is 7.11 Å². The molecule has 0 heterocycles. The van der Waals surface area contributed by atoms with Crippen molar-refractivity contribution in [2.24, 2.45) is 0 Å². The smallest absolute Gasteiger partial charge is 0.0700 e. The fourth-order valence-corrected chi connectivity index (χ4v) is 1.80. The highest BCUT2D eigenvalue weighted by atomic mass is 16.5. The molecule has 0 aliphatic carbocycles. The van der Waals surface area contributed by atoms with Crippen LogP contribution < -0.4 is 5.32 Å². The molecule has 1 unspecified atom stereocenters. The number of ether oxygens (including phenoxy) is 3. The summed E-state index contributed by atoms with van der Waals surface area (Å²) in [5.74, 6) is 0. The third-order valence-electron chi connectivity index (χ3n) is 2.84. The molecule has 0 amide bonds. The van der Waals surface area contributed by atoms with E-state index < -0.39 is 0 Å². The lowest BCUT2D eigenvalue weighted by atomic mass is 10.1. The number of nitrogens with one attached hydrogen (secondary N) is 1. The molecule has 18 heavy (non-hydrogen) atoms. The van der Waals surface area contributed by atoms with E-state index in [-0.39, 0.29) is 0 Å². The van der Waals surface area contributed by atoms with Gasteiger partial charge in [0.05, 0.1) is 13.2 Å². The van der Waals surface area contributed by atoms with Gasteiger partial charge < -0.3 is 19.5 Å². The standard InChI is InChI=1S/C14H31NO3/c1-4-14(15-5-2)8-6-10-17-12-13-18-11-7-9-16-3/h14-15H,4-13H2,1-3H3. The highest BCUT2D eigenvalue weighted by Crippen LogP contribution is 2.01. The van der Waals surface area contributed by atoms with Gasteiger partial charge in [-0.05, 0) is 32.2 Å². The minimum atomic E-state index is 0.642. The predicted molar refractivity (Wildman–Crippen MR) is 75.1 cm³/mol. The van der Waals surface area contributed by atoms with Gasteiger partial charge in [0, 0.05) is 33.0 Å². The van der Waals surface area contributed by atoms with Gasteiger partial charge in [0.25, 0.3) is 0 Å². The fraction of sp³-hybridized carbons (Fsp3) is 1.00. The maximum Gasteiger partial charge on any atom is 0.0700 e. The molecule has 1 N–H and O–H groups in total. The van der Waals surface area contributed by atoms with Gasteiger partial charge in [-0.15, -0.1) is 0 Å². The van der Waals surface area contributed by atoms with E-state index in [0.717, 1.165) is 39.2 Å². The van der Waals surface area contributed by atoms with Gasteiger partial charge in [-0.25, -0.2) is 0 Å². The summed E-state index contributed by atoms with van der Waals surface area (Å²) < 4.78 is 15.9. The molecule has 0 radical (unpaired) electrons. The molecular weight excluding hydrogens is 230 g/mol. The van der Waals surface area contributed by atoms with Crippen LogP contribution in [0.15, 0.2) is 0 Å². The molecular formula is C14H31NO3. The van der Waals surface area contributed by atoms with E-state index in [1.807, 2.05) is 0 Å². The van der Waals surface area contributed by atoms with Crippen LogP contribution in [0.5, 0.6) is 0 Å². The Hall–Kier alpha value is -0.160. The second-order valence-corrected chi connectivity index (χ2v) is 4.38. The first kappa shape index (κ1) is 17.8. The minimum absolute atomic E-state index is 0.642. The molecule has 1 atom stereocenters. The highest BCUT2D eigenvalue weighted by molar-refractivity contribution is 4.63. The zero-order valence-corrected chi connectivity index (χ0v) is 12.4. The van der Waals surface area contributed by atoms with Crippen molar-refractivity contribution in [1.82, 2.24) is 5.32 Å². The van der Waals surface area contributed by atoms with Crippen LogP contribution in [0.1, 0.15) is 39.5 Å². The first-order valence-corrected chi connectivity index (χ1v) is 7.22. The Kier molecular flexibility index (Phi) is 14.8. The summed E-state index contributed by atoms with van der Waals surface area (Å²) in [7, 11) is 1.71. The van der Waals surface area contributed by atoms with Crippen LogP contribution in [0, 0.1) is 0 Å².